The van der Waals surface area contributed by atoms with Crippen molar-refractivity contribution < 1.29 is 9.53 Å². The molecule has 1 heterocycles. The maximum atomic E-state index is 12.2. The van der Waals surface area contributed by atoms with Crippen molar-refractivity contribution in [1.82, 2.24) is 20.6 Å². The molecule has 0 unspecified atom stereocenters. The minimum atomic E-state index is -0.0105. The van der Waals surface area contributed by atoms with Crippen LogP contribution < -0.4 is 0 Å². The normalized spacial score (nSPS) is 10.7. The highest BCUT2D eigenvalue weighted by Crippen LogP contribution is 2.14. The number of ketones is 1. The summed E-state index contributed by atoms with van der Waals surface area (Å²) in [6.07, 6.45) is 0.873. The van der Waals surface area contributed by atoms with E-state index in [9.17, 15) is 4.79 Å². The van der Waals surface area contributed by atoms with E-state index in [0.717, 1.165) is 23.3 Å². The van der Waals surface area contributed by atoms with Crippen molar-refractivity contribution >= 4 is 17.5 Å². The smallest absolute Gasteiger partial charge is 0.230 e. The van der Waals surface area contributed by atoms with Gasteiger partial charge in [0.25, 0.3) is 0 Å². The lowest BCUT2D eigenvalue weighted by atomic mass is 10.1. The number of hydrogen-bond donors (Lipinski definition) is 1. The number of carbonyl (C=O) groups excluding carboxylic acids is 1. The summed E-state index contributed by atoms with van der Waals surface area (Å²) < 4.78 is 5.50. The number of carbonyl (C=O) groups is 1. The minimum absolute atomic E-state index is 0.0105. The zero-order chi connectivity index (χ0) is 17.3. The van der Waals surface area contributed by atoms with Crippen molar-refractivity contribution in [1.29, 1.82) is 0 Å². The van der Waals surface area contributed by atoms with Gasteiger partial charge in [-0.05, 0) is 22.8 Å². The van der Waals surface area contributed by atoms with Crippen LogP contribution in [0.15, 0.2) is 59.8 Å². The zero-order valence-electron chi connectivity index (χ0n) is 13.6. The van der Waals surface area contributed by atoms with Crippen LogP contribution in [0.4, 0.5) is 0 Å². The second-order valence-electron chi connectivity index (χ2n) is 5.39. The molecule has 0 bridgehead atoms. The quantitative estimate of drug-likeness (QED) is 0.470. The second-order valence-corrected chi connectivity index (χ2v) is 6.45. The van der Waals surface area contributed by atoms with Crippen LogP contribution in [0.2, 0.25) is 0 Å². The predicted octanol–water partition coefficient (Wildman–Crippen LogP) is 2.93. The Morgan fingerprint density at radius 1 is 1.04 bits per heavy atom. The van der Waals surface area contributed by atoms with Gasteiger partial charge in [-0.2, -0.15) is 5.21 Å². The molecule has 0 radical (unpaired) electrons. The van der Waals surface area contributed by atoms with Crippen molar-refractivity contribution in [3.05, 3.63) is 71.3 Å². The number of Topliss-reactive ketones (excluding diaryl/α,β-unsaturated/α-hetero) is 1. The molecule has 1 aromatic heterocycles. The van der Waals surface area contributed by atoms with Crippen LogP contribution in [-0.2, 0) is 17.8 Å². The summed E-state index contributed by atoms with van der Waals surface area (Å²) in [7, 11) is 0. The van der Waals surface area contributed by atoms with Gasteiger partial charge in [0.2, 0.25) is 5.16 Å². The fraction of sp³-hybridized carbons (Fsp3) is 0.222. The minimum Gasteiger partial charge on any atom is -0.369 e. The molecule has 25 heavy (non-hydrogen) atoms. The molecule has 0 atom stereocenters. The van der Waals surface area contributed by atoms with E-state index in [1.807, 2.05) is 54.6 Å². The Morgan fingerprint density at radius 2 is 1.84 bits per heavy atom. The molecule has 1 N–H and O–H groups in total. The largest absolute Gasteiger partial charge is 0.369 e. The van der Waals surface area contributed by atoms with E-state index in [1.165, 1.54) is 11.8 Å². The lowest BCUT2D eigenvalue weighted by Crippen LogP contribution is -2.09. The summed E-state index contributed by atoms with van der Waals surface area (Å²) in [4.78, 5) is 12.2. The standard InChI is InChI=1S/C18H18N4O2S/c23-17(13-24-12-15-4-2-1-3-5-15)16-8-6-14(7-9-16)10-11-25-18-19-21-22-20-18/h1-9H,10-13H2,(H,19,20,21,22). The Labute approximate surface area is 150 Å². The third kappa shape index (κ3) is 5.51. The SMILES string of the molecule is O=C(COCc1ccccc1)c1ccc(CCSc2nn[nH]n2)cc1. The number of benzene rings is 2. The molecule has 0 aliphatic heterocycles. The van der Waals surface area contributed by atoms with Crippen molar-refractivity contribution in [2.24, 2.45) is 0 Å². The molecule has 0 fully saturated rings. The molecule has 2 aromatic carbocycles. The van der Waals surface area contributed by atoms with Crippen molar-refractivity contribution in [3.63, 3.8) is 0 Å². The maximum Gasteiger partial charge on any atom is 0.230 e. The van der Waals surface area contributed by atoms with Crippen LogP contribution in [0.25, 0.3) is 0 Å². The first-order chi connectivity index (χ1) is 12.3. The molecule has 128 valence electrons. The van der Waals surface area contributed by atoms with Crippen molar-refractivity contribution in [3.8, 4) is 0 Å². The molecular weight excluding hydrogens is 336 g/mol. The number of H-pyrrole nitrogens is 1. The number of thioether (sulfide) groups is 1. The van der Waals surface area contributed by atoms with E-state index in [4.69, 9.17) is 4.74 Å². The highest BCUT2D eigenvalue weighted by atomic mass is 32.2. The van der Waals surface area contributed by atoms with E-state index < -0.39 is 0 Å². The molecule has 0 saturated carbocycles. The molecule has 0 amide bonds. The van der Waals surface area contributed by atoms with Gasteiger partial charge < -0.3 is 4.74 Å². The Hall–Kier alpha value is -2.51. The molecule has 3 aromatic rings. The van der Waals surface area contributed by atoms with Gasteiger partial charge in [0, 0.05) is 11.3 Å². The van der Waals surface area contributed by atoms with E-state index >= 15 is 0 Å². The number of aromatic nitrogens is 4. The number of nitrogens with one attached hydrogen (secondary N) is 1. The predicted molar refractivity (Wildman–Crippen MR) is 95.5 cm³/mol. The Bertz CT molecular complexity index is 777. The molecule has 0 aliphatic rings. The Balaban J connectivity index is 1.42. The van der Waals surface area contributed by atoms with Gasteiger partial charge in [-0.1, -0.05) is 66.4 Å². The number of nitrogens with zero attached hydrogens (tertiary/aromatic N) is 3. The van der Waals surface area contributed by atoms with Crippen LogP contribution in [0.5, 0.6) is 0 Å². The third-order valence-corrected chi connectivity index (χ3v) is 4.41. The zero-order valence-corrected chi connectivity index (χ0v) is 14.4. The monoisotopic (exact) mass is 354 g/mol. The van der Waals surface area contributed by atoms with Gasteiger partial charge in [0.1, 0.15) is 6.61 Å². The van der Waals surface area contributed by atoms with Crippen LogP contribution in [0.1, 0.15) is 21.5 Å². The lowest BCUT2D eigenvalue weighted by molar-refractivity contribution is 0.0726. The number of rotatable bonds is 9. The Kier molecular flexibility index (Phi) is 6.30. The third-order valence-electron chi connectivity index (χ3n) is 3.57. The number of aryl methyl sites for hydroxylation is 1. The summed E-state index contributed by atoms with van der Waals surface area (Å²) >= 11 is 1.54. The first-order valence-electron chi connectivity index (χ1n) is 7.91. The van der Waals surface area contributed by atoms with Gasteiger partial charge in [0.05, 0.1) is 6.61 Å². The van der Waals surface area contributed by atoms with Crippen LogP contribution in [0, 0.1) is 0 Å². The summed E-state index contributed by atoms with van der Waals surface area (Å²) in [5.41, 5.74) is 2.89. The Morgan fingerprint density at radius 3 is 2.56 bits per heavy atom. The molecule has 0 spiro atoms. The summed E-state index contributed by atoms with van der Waals surface area (Å²) in [6, 6.07) is 17.5. The van der Waals surface area contributed by atoms with Crippen LogP contribution in [-0.4, -0.2) is 38.8 Å². The highest BCUT2D eigenvalue weighted by Gasteiger charge is 2.07. The van der Waals surface area contributed by atoms with Gasteiger partial charge in [-0.25, -0.2) is 0 Å². The molecule has 0 saturated heterocycles. The number of tetrazole rings is 1. The van der Waals surface area contributed by atoms with Crippen LogP contribution >= 0.6 is 11.8 Å². The number of hydrogen-bond acceptors (Lipinski definition) is 6. The highest BCUT2D eigenvalue weighted by molar-refractivity contribution is 7.99. The summed E-state index contributed by atoms with van der Waals surface area (Å²) in [6.45, 7) is 0.528. The second kappa shape index (κ2) is 9.10. The van der Waals surface area contributed by atoms with E-state index in [-0.39, 0.29) is 12.4 Å². The van der Waals surface area contributed by atoms with Gasteiger partial charge in [-0.15, -0.1) is 10.2 Å². The van der Waals surface area contributed by atoms with Crippen molar-refractivity contribution in [2.75, 3.05) is 12.4 Å². The average Bonchev–Trinajstić information content (AvgIpc) is 3.16. The molecule has 7 heteroatoms. The summed E-state index contributed by atoms with van der Waals surface area (Å²) in [5.74, 6) is 0.844. The van der Waals surface area contributed by atoms with E-state index in [2.05, 4.69) is 20.6 Å². The fourth-order valence-corrected chi connectivity index (χ4v) is 2.97. The van der Waals surface area contributed by atoms with Gasteiger partial charge >= 0.3 is 0 Å². The van der Waals surface area contributed by atoms with E-state index in [1.54, 1.807) is 0 Å². The number of ether oxygens (including phenoxy) is 1. The molecular formula is C18H18N4O2S. The van der Waals surface area contributed by atoms with Crippen molar-refractivity contribution in [2.45, 2.75) is 18.2 Å². The maximum absolute atomic E-state index is 12.2. The average molecular weight is 354 g/mol. The molecule has 3 rings (SSSR count). The number of aromatic amines is 1. The van der Waals surface area contributed by atoms with Gasteiger partial charge in [0.15, 0.2) is 5.78 Å². The molecule has 6 nitrogen and oxygen atoms in total. The lowest BCUT2D eigenvalue weighted by Gasteiger charge is -2.05. The van der Waals surface area contributed by atoms with Gasteiger partial charge in [-0.3, -0.25) is 4.79 Å². The fourth-order valence-electron chi connectivity index (χ4n) is 2.25. The summed E-state index contributed by atoms with van der Waals surface area (Å²) in [5, 5.41) is 14.4. The van der Waals surface area contributed by atoms with Crippen LogP contribution in [0.3, 0.4) is 0 Å². The van der Waals surface area contributed by atoms with E-state index in [0.29, 0.717) is 17.3 Å². The molecule has 0 aliphatic carbocycles. The first kappa shape index (κ1) is 17.3. The first-order valence-corrected chi connectivity index (χ1v) is 8.90. The topological polar surface area (TPSA) is 80.8 Å².